The zero-order valence-electron chi connectivity index (χ0n) is 20.1. The van der Waals surface area contributed by atoms with E-state index in [1.165, 1.54) is 24.5 Å². The number of hydrogen-bond acceptors (Lipinski definition) is 7. The van der Waals surface area contributed by atoms with Crippen molar-refractivity contribution in [3.8, 4) is 5.75 Å². The van der Waals surface area contributed by atoms with E-state index < -0.39 is 5.82 Å². The minimum atomic E-state index is -0.506. The summed E-state index contributed by atoms with van der Waals surface area (Å²) in [6, 6.07) is 7.91. The van der Waals surface area contributed by atoms with E-state index in [2.05, 4.69) is 20.6 Å². The Kier molecular flexibility index (Phi) is 6.79. The Bertz CT molecular complexity index is 1330. The molecular weight excluding hydrogens is 485 g/mol. The van der Waals surface area contributed by atoms with Crippen molar-refractivity contribution in [2.45, 2.75) is 6.42 Å². The molecule has 2 atom stereocenters. The van der Waals surface area contributed by atoms with E-state index in [0.29, 0.717) is 59.5 Å². The number of hydrogen-bond donors (Lipinski definition) is 2. The predicted molar refractivity (Wildman–Crippen MR) is 137 cm³/mol. The van der Waals surface area contributed by atoms with Crippen LogP contribution in [0.2, 0.25) is 5.02 Å². The Hall–Kier alpha value is -3.27. The van der Waals surface area contributed by atoms with Gasteiger partial charge in [0.2, 0.25) is 5.91 Å². The molecule has 1 aliphatic heterocycles. The molecule has 2 aliphatic rings. The topological polar surface area (TPSA) is 88.6 Å². The van der Waals surface area contributed by atoms with Crippen molar-refractivity contribution in [1.82, 2.24) is 14.9 Å². The first-order chi connectivity index (χ1) is 17.3. The Morgan fingerprint density at radius 3 is 2.92 bits per heavy atom. The number of amides is 1. The normalized spacial score (nSPS) is 20.6. The molecule has 2 fully saturated rings. The number of nitrogens with zero attached hydrogens (tertiary/aromatic N) is 3. The van der Waals surface area contributed by atoms with E-state index in [4.69, 9.17) is 21.1 Å². The van der Waals surface area contributed by atoms with Crippen molar-refractivity contribution < 1.29 is 18.7 Å². The van der Waals surface area contributed by atoms with Crippen LogP contribution in [0.15, 0.2) is 48.8 Å². The lowest BCUT2D eigenvalue weighted by molar-refractivity contribution is -0.111. The van der Waals surface area contributed by atoms with Crippen molar-refractivity contribution in [2.24, 2.45) is 11.3 Å². The lowest BCUT2D eigenvalue weighted by Crippen LogP contribution is -2.18. The molecule has 0 unspecified atom stereocenters. The Morgan fingerprint density at radius 1 is 1.33 bits per heavy atom. The van der Waals surface area contributed by atoms with Gasteiger partial charge in [0, 0.05) is 35.2 Å². The van der Waals surface area contributed by atoms with Crippen LogP contribution in [-0.2, 0) is 9.53 Å². The summed E-state index contributed by atoms with van der Waals surface area (Å²) in [5, 5.41) is 6.75. The summed E-state index contributed by atoms with van der Waals surface area (Å²) >= 11 is 5.94. The number of aromatic nitrogens is 2. The molecule has 2 heterocycles. The molecule has 10 heteroatoms. The average Bonchev–Trinajstić information content (AvgIpc) is 3.38. The molecule has 1 amide bonds. The summed E-state index contributed by atoms with van der Waals surface area (Å²) in [6.45, 7) is 2.61. The van der Waals surface area contributed by atoms with Crippen LogP contribution in [0.4, 0.5) is 21.6 Å². The summed E-state index contributed by atoms with van der Waals surface area (Å²) in [5.74, 6) is 0.764. The van der Waals surface area contributed by atoms with Crippen LogP contribution in [0.5, 0.6) is 5.75 Å². The van der Waals surface area contributed by atoms with Crippen molar-refractivity contribution in [3.05, 3.63) is 59.7 Å². The lowest BCUT2D eigenvalue weighted by atomic mass is 10.1. The van der Waals surface area contributed by atoms with Gasteiger partial charge >= 0.3 is 0 Å². The third kappa shape index (κ3) is 5.28. The highest BCUT2D eigenvalue weighted by atomic mass is 35.5. The van der Waals surface area contributed by atoms with Crippen LogP contribution in [0.25, 0.3) is 10.9 Å². The minimum absolute atomic E-state index is 0.000147. The van der Waals surface area contributed by atoms with Gasteiger partial charge in [-0.3, -0.25) is 4.79 Å². The van der Waals surface area contributed by atoms with Gasteiger partial charge in [-0.1, -0.05) is 17.7 Å². The zero-order chi connectivity index (χ0) is 25.3. The molecule has 1 saturated heterocycles. The molecule has 1 saturated carbocycles. The summed E-state index contributed by atoms with van der Waals surface area (Å²) < 4.78 is 25.4. The highest BCUT2D eigenvalue weighted by Crippen LogP contribution is 2.57. The second-order valence-corrected chi connectivity index (χ2v) is 9.97. The second-order valence-electron chi connectivity index (χ2n) is 9.56. The molecule has 3 aromatic rings. The molecular formula is C26H27ClFN5O3. The number of carbonyl (C=O) groups excluding carboxylic acids is 1. The maximum Gasteiger partial charge on any atom is 0.248 e. The fourth-order valence-electron chi connectivity index (χ4n) is 4.34. The Balaban J connectivity index is 1.45. The minimum Gasteiger partial charge on any atom is -0.491 e. The number of halogens is 2. The van der Waals surface area contributed by atoms with Crippen LogP contribution in [0.1, 0.15) is 6.42 Å². The van der Waals surface area contributed by atoms with Crippen LogP contribution in [-0.4, -0.2) is 61.2 Å². The van der Waals surface area contributed by atoms with Crippen LogP contribution in [0.3, 0.4) is 0 Å². The van der Waals surface area contributed by atoms with Crippen molar-refractivity contribution in [2.75, 3.05) is 51.1 Å². The number of likely N-dealkylation sites (N-methyl/N-ethyl adjacent to an activating group) is 1. The number of nitrogens with one attached hydrogen (secondary N) is 2. The standard InChI is InChI=1S/C26H27ClFN5O3/c1-33(2)7-3-4-24(34)32-22-9-18-21(10-23(22)36-14-26-11-16(26)12-35-13-26)29-15-30-25(18)31-17-5-6-20(28)19(27)8-17/h3-6,8-10,15-16H,7,11-14H2,1-2H3,(H,32,34)(H,29,30,31)/b4-3+/t16-,26+/m1/s1. The SMILES string of the molecule is CN(C)C/C=C/C(=O)Nc1cc2c(Nc3ccc(F)c(Cl)c3)ncnc2cc1OC[C@]12COC[C@H]1C2. The molecule has 0 spiro atoms. The lowest BCUT2D eigenvalue weighted by Gasteiger charge is -2.17. The van der Waals surface area contributed by atoms with Gasteiger partial charge in [0.05, 0.1) is 36.0 Å². The van der Waals surface area contributed by atoms with E-state index in [1.54, 1.807) is 24.3 Å². The third-order valence-corrected chi connectivity index (χ3v) is 6.79. The molecule has 8 nitrogen and oxygen atoms in total. The smallest absolute Gasteiger partial charge is 0.248 e. The van der Waals surface area contributed by atoms with Gasteiger partial charge in [-0.25, -0.2) is 14.4 Å². The number of fused-ring (bicyclic) bond motifs is 2. The number of anilines is 3. The maximum atomic E-state index is 13.6. The highest BCUT2D eigenvalue weighted by molar-refractivity contribution is 6.31. The first-order valence-electron chi connectivity index (χ1n) is 11.7. The van der Waals surface area contributed by atoms with Crippen LogP contribution in [0, 0.1) is 17.2 Å². The molecule has 1 aliphatic carbocycles. The molecule has 0 bridgehead atoms. The second kappa shape index (κ2) is 10.0. The largest absolute Gasteiger partial charge is 0.491 e. The predicted octanol–water partition coefficient (Wildman–Crippen LogP) is 4.64. The number of rotatable bonds is 9. The fraction of sp³-hybridized carbons (Fsp3) is 0.346. The quantitative estimate of drug-likeness (QED) is 0.405. The van der Waals surface area contributed by atoms with Gasteiger partial charge < -0.3 is 25.0 Å². The van der Waals surface area contributed by atoms with Gasteiger partial charge in [0.1, 0.15) is 23.7 Å². The van der Waals surface area contributed by atoms with Gasteiger partial charge in [-0.2, -0.15) is 0 Å². The van der Waals surface area contributed by atoms with Crippen LogP contribution < -0.4 is 15.4 Å². The summed E-state index contributed by atoms with van der Waals surface area (Å²) in [7, 11) is 3.86. The van der Waals surface area contributed by atoms with Gasteiger partial charge in [-0.05, 0) is 50.7 Å². The van der Waals surface area contributed by atoms with E-state index in [0.717, 1.165) is 13.0 Å². The monoisotopic (exact) mass is 511 g/mol. The molecule has 36 heavy (non-hydrogen) atoms. The number of benzene rings is 2. The summed E-state index contributed by atoms with van der Waals surface area (Å²) in [6.07, 6.45) is 5.80. The maximum absolute atomic E-state index is 13.6. The first-order valence-corrected chi connectivity index (χ1v) is 12.0. The van der Waals surface area contributed by atoms with E-state index in [-0.39, 0.29) is 16.3 Å². The Morgan fingerprint density at radius 2 is 2.19 bits per heavy atom. The molecule has 5 rings (SSSR count). The number of carbonyl (C=O) groups is 1. The van der Waals surface area contributed by atoms with Crippen LogP contribution >= 0.6 is 11.6 Å². The van der Waals surface area contributed by atoms with Crippen molar-refractivity contribution in [1.29, 1.82) is 0 Å². The summed E-state index contributed by atoms with van der Waals surface area (Å²) in [5.41, 5.74) is 1.76. The molecule has 1 aromatic heterocycles. The van der Waals surface area contributed by atoms with E-state index in [9.17, 15) is 9.18 Å². The zero-order valence-corrected chi connectivity index (χ0v) is 20.8. The Labute approximate surface area is 213 Å². The van der Waals surface area contributed by atoms with Gasteiger partial charge in [-0.15, -0.1) is 0 Å². The van der Waals surface area contributed by atoms with Crippen molar-refractivity contribution >= 4 is 45.6 Å². The van der Waals surface area contributed by atoms with E-state index >= 15 is 0 Å². The highest BCUT2D eigenvalue weighted by Gasteiger charge is 2.59. The third-order valence-electron chi connectivity index (χ3n) is 6.50. The first kappa shape index (κ1) is 24.4. The van der Waals surface area contributed by atoms with Gasteiger partial charge in [0.25, 0.3) is 0 Å². The summed E-state index contributed by atoms with van der Waals surface area (Å²) in [4.78, 5) is 23.4. The molecule has 2 aromatic carbocycles. The molecule has 188 valence electrons. The average molecular weight is 512 g/mol. The van der Waals surface area contributed by atoms with E-state index in [1.807, 2.05) is 19.0 Å². The van der Waals surface area contributed by atoms with Crippen molar-refractivity contribution in [3.63, 3.8) is 0 Å². The number of ether oxygens (including phenoxy) is 2. The molecule has 2 N–H and O–H groups in total. The fourth-order valence-corrected chi connectivity index (χ4v) is 4.53. The van der Waals surface area contributed by atoms with Gasteiger partial charge in [0.15, 0.2) is 0 Å². The molecule has 0 radical (unpaired) electrons.